The number of rotatable bonds is 5. The van der Waals surface area contributed by atoms with Gasteiger partial charge in [-0.3, -0.25) is 9.48 Å². The van der Waals surface area contributed by atoms with Gasteiger partial charge in [-0.05, 0) is 0 Å². The lowest BCUT2D eigenvalue weighted by atomic mass is 10.2. The molecule has 6 nitrogen and oxygen atoms in total. The highest BCUT2D eigenvalue weighted by Gasteiger charge is 2.07. The zero-order chi connectivity index (χ0) is 10.6. The second kappa shape index (κ2) is 4.71. The van der Waals surface area contributed by atoms with Crippen LogP contribution < -0.4 is 11.1 Å². The van der Waals surface area contributed by atoms with E-state index in [0.29, 0.717) is 18.9 Å². The van der Waals surface area contributed by atoms with Crippen LogP contribution in [0.3, 0.4) is 0 Å². The lowest BCUT2D eigenvalue weighted by Crippen LogP contribution is -2.30. The van der Waals surface area contributed by atoms with Gasteiger partial charge in [0.05, 0.1) is 6.54 Å². The van der Waals surface area contributed by atoms with Gasteiger partial charge in [0.25, 0.3) is 0 Å². The first kappa shape index (κ1) is 10.6. The Kier molecular flexibility index (Phi) is 3.58. The van der Waals surface area contributed by atoms with E-state index in [2.05, 4.69) is 15.4 Å². The average Bonchev–Trinajstić information content (AvgIpc) is 2.51. The monoisotopic (exact) mass is 197 g/mol. The summed E-state index contributed by atoms with van der Waals surface area (Å²) < 4.78 is 1.63. The number of carbonyl (C=O) groups is 1. The molecule has 1 aromatic rings. The SMILES string of the molecule is CC(CNCc1ncn(C)n1)C(N)=O. The normalized spacial score (nSPS) is 12.7. The molecule has 0 spiro atoms. The fourth-order valence-electron chi connectivity index (χ4n) is 0.966. The highest BCUT2D eigenvalue weighted by Crippen LogP contribution is 1.91. The van der Waals surface area contributed by atoms with E-state index < -0.39 is 0 Å². The van der Waals surface area contributed by atoms with Crippen LogP contribution in [0.1, 0.15) is 12.7 Å². The third kappa shape index (κ3) is 3.14. The zero-order valence-corrected chi connectivity index (χ0v) is 8.40. The third-order valence-electron chi connectivity index (χ3n) is 1.87. The number of nitrogens with zero attached hydrogens (tertiary/aromatic N) is 3. The molecule has 1 heterocycles. The molecule has 1 rings (SSSR count). The van der Waals surface area contributed by atoms with Crippen molar-refractivity contribution in [3.63, 3.8) is 0 Å². The number of primary amides is 1. The van der Waals surface area contributed by atoms with E-state index in [0.717, 1.165) is 0 Å². The maximum absolute atomic E-state index is 10.7. The Hall–Kier alpha value is -1.43. The minimum atomic E-state index is -0.300. The molecule has 78 valence electrons. The summed E-state index contributed by atoms with van der Waals surface area (Å²) in [7, 11) is 1.81. The lowest BCUT2D eigenvalue weighted by molar-refractivity contribution is -0.121. The largest absolute Gasteiger partial charge is 0.369 e. The van der Waals surface area contributed by atoms with Crippen molar-refractivity contribution in [2.45, 2.75) is 13.5 Å². The molecule has 0 aromatic carbocycles. The van der Waals surface area contributed by atoms with Gasteiger partial charge in [-0.2, -0.15) is 5.10 Å². The molecule has 1 amide bonds. The van der Waals surface area contributed by atoms with Gasteiger partial charge in [-0.15, -0.1) is 0 Å². The van der Waals surface area contributed by atoms with Gasteiger partial charge in [0.1, 0.15) is 6.33 Å². The molecule has 0 saturated carbocycles. The summed E-state index contributed by atoms with van der Waals surface area (Å²) in [6, 6.07) is 0. The Morgan fingerprint density at radius 1 is 1.79 bits per heavy atom. The molecular weight excluding hydrogens is 182 g/mol. The Balaban J connectivity index is 2.25. The van der Waals surface area contributed by atoms with Crippen LogP contribution in [0.5, 0.6) is 0 Å². The Morgan fingerprint density at radius 3 is 3.00 bits per heavy atom. The van der Waals surface area contributed by atoms with Crippen molar-refractivity contribution in [2.24, 2.45) is 18.7 Å². The quantitative estimate of drug-likeness (QED) is 0.635. The fraction of sp³-hybridized carbons (Fsp3) is 0.625. The fourth-order valence-corrected chi connectivity index (χ4v) is 0.966. The van der Waals surface area contributed by atoms with Gasteiger partial charge in [0, 0.05) is 19.5 Å². The van der Waals surface area contributed by atoms with Crippen LogP contribution >= 0.6 is 0 Å². The molecule has 0 bridgehead atoms. The van der Waals surface area contributed by atoms with Crippen LogP contribution in [0.4, 0.5) is 0 Å². The molecule has 1 atom stereocenters. The number of aryl methyl sites for hydroxylation is 1. The van der Waals surface area contributed by atoms with Crippen molar-refractivity contribution < 1.29 is 4.79 Å². The molecule has 0 aliphatic carbocycles. The van der Waals surface area contributed by atoms with Crippen molar-refractivity contribution in [1.82, 2.24) is 20.1 Å². The van der Waals surface area contributed by atoms with Crippen LogP contribution in [0.2, 0.25) is 0 Å². The topological polar surface area (TPSA) is 85.8 Å². The number of nitrogens with two attached hydrogens (primary N) is 1. The van der Waals surface area contributed by atoms with E-state index in [4.69, 9.17) is 5.73 Å². The summed E-state index contributed by atoms with van der Waals surface area (Å²) in [5, 5.41) is 7.14. The Bertz CT molecular complexity index is 308. The number of aromatic nitrogens is 3. The van der Waals surface area contributed by atoms with E-state index in [9.17, 15) is 4.79 Å². The third-order valence-corrected chi connectivity index (χ3v) is 1.87. The predicted molar refractivity (Wildman–Crippen MR) is 51.1 cm³/mol. The summed E-state index contributed by atoms with van der Waals surface area (Å²) in [6.07, 6.45) is 1.63. The molecule has 0 saturated heterocycles. The summed E-state index contributed by atoms with van der Waals surface area (Å²) in [4.78, 5) is 14.7. The van der Waals surface area contributed by atoms with Crippen molar-refractivity contribution in [2.75, 3.05) is 6.54 Å². The van der Waals surface area contributed by atoms with E-state index in [-0.39, 0.29) is 11.8 Å². The van der Waals surface area contributed by atoms with Crippen LogP contribution in [0, 0.1) is 5.92 Å². The second-order valence-corrected chi connectivity index (χ2v) is 3.27. The number of nitrogens with one attached hydrogen (secondary N) is 1. The number of hydrogen-bond acceptors (Lipinski definition) is 4. The molecule has 1 unspecified atom stereocenters. The maximum atomic E-state index is 10.7. The van der Waals surface area contributed by atoms with Crippen molar-refractivity contribution >= 4 is 5.91 Å². The van der Waals surface area contributed by atoms with Gasteiger partial charge in [-0.25, -0.2) is 4.98 Å². The minimum Gasteiger partial charge on any atom is -0.369 e. The summed E-state index contributed by atoms with van der Waals surface area (Å²) in [6.45, 7) is 2.88. The summed E-state index contributed by atoms with van der Waals surface area (Å²) >= 11 is 0. The standard InChI is InChI=1S/C8H15N5O/c1-6(8(9)14)3-10-4-7-11-5-13(2)12-7/h5-6,10H,3-4H2,1-2H3,(H2,9,14). The summed E-state index contributed by atoms with van der Waals surface area (Å²) in [5.41, 5.74) is 5.11. The molecule has 6 heteroatoms. The molecule has 0 radical (unpaired) electrons. The molecular formula is C8H15N5O. The van der Waals surface area contributed by atoms with Crippen LogP contribution in [0.15, 0.2) is 6.33 Å². The molecule has 1 aromatic heterocycles. The van der Waals surface area contributed by atoms with E-state index in [1.54, 1.807) is 17.9 Å². The van der Waals surface area contributed by atoms with Gasteiger partial charge in [-0.1, -0.05) is 6.92 Å². The van der Waals surface area contributed by atoms with Gasteiger partial charge < -0.3 is 11.1 Å². The lowest BCUT2D eigenvalue weighted by Gasteiger charge is -2.06. The van der Waals surface area contributed by atoms with Crippen molar-refractivity contribution in [3.8, 4) is 0 Å². The molecule has 0 aliphatic rings. The van der Waals surface area contributed by atoms with E-state index in [1.807, 2.05) is 7.05 Å². The minimum absolute atomic E-state index is 0.168. The Labute approximate surface area is 82.5 Å². The van der Waals surface area contributed by atoms with Crippen molar-refractivity contribution in [3.05, 3.63) is 12.2 Å². The van der Waals surface area contributed by atoms with Crippen molar-refractivity contribution in [1.29, 1.82) is 0 Å². The molecule has 0 fully saturated rings. The Morgan fingerprint density at radius 2 is 2.50 bits per heavy atom. The van der Waals surface area contributed by atoms with E-state index >= 15 is 0 Å². The van der Waals surface area contributed by atoms with Gasteiger partial charge >= 0.3 is 0 Å². The predicted octanol–water partition coefficient (Wildman–Crippen LogP) is -0.974. The number of hydrogen-bond donors (Lipinski definition) is 2. The van der Waals surface area contributed by atoms with Gasteiger partial charge in [0.2, 0.25) is 5.91 Å². The number of carbonyl (C=O) groups excluding carboxylic acids is 1. The van der Waals surface area contributed by atoms with E-state index in [1.165, 1.54) is 0 Å². The second-order valence-electron chi connectivity index (χ2n) is 3.27. The average molecular weight is 197 g/mol. The van der Waals surface area contributed by atoms with Gasteiger partial charge in [0.15, 0.2) is 5.82 Å². The first-order chi connectivity index (χ1) is 6.59. The maximum Gasteiger partial charge on any atom is 0.221 e. The summed E-state index contributed by atoms with van der Waals surface area (Å²) in [5.74, 6) is 0.245. The molecule has 3 N–H and O–H groups in total. The number of amides is 1. The zero-order valence-electron chi connectivity index (χ0n) is 8.40. The molecule has 0 aliphatic heterocycles. The molecule has 14 heavy (non-hydrogen) atoms. The smallest absolute Gasteiger partial charge is 0.221 e. The highest BCUT2D eigenvalue weighted by atomic mass is 16.1. The van der Waals surface area contributed by atoms with Crippen LogP contribution in [-0.4, -0.2) is 27.2 Å². The van der Waals surface area contributed by atoms with Crippen LogP contribution in [0.25, 0.3) is 0 Å². The first-order valence-corrected chi connectivity index (χ1v) is 4.44. The van der Waals surface area contributed by atoms with Crippen LogP contribution in [-0.2, 0) is 18.4 Å². The first-order valence-electron chi connectivity index (χ1n) is 4.44. The highest BCUT2D eigenvalue weighted by molar-refractivity contribution is 5.76.